The van der Waals surface area contributed by atoms with Gasteiger partial charge in [-0.3, -0.25) is 0 Å². The number of ether oxygens (including phenoxy) is 2. The molecule has 0 spiro atoms. The molecule has 0 saturated heterocycles. The second-order valence-corrected chi connectivity index (χ2v) is 4.78. The quantitative estimate of drug-likeness (QED) is 0.611. The number of methoxy groups -OCH3 is 1. The van der Waals surface area contributed by atoms with Crippen LogP contribution in [0.4, 0.5) is 13.2 Å². The van der Waals surface area contributed by atoms with E-state index in [2.05, 4.69) is 0 Å². The van der Waals surface area contributed by atoms with Crippen molar-refractivity contribution in [2.45, 2.75) is 6.18 Å². The highest BCUT2D eigenvalue weighted by Crippen LogP contribution is 2.31. The summed E-state index contributed by atoms with van der Waals surface area (Å²) in [5, 5.41) is 0. The molecule has 0 aliphatic rings. The van der Waals surface area contributed by atoms with Gasteiger partial charge in [0.25, 0.3) is 0 Å². The van der Waals surface area contributed by atoms with Crippen LogP contribution < -0.4 is 0 Å². The van der Waals surface area contributed by atoms with Crippen molar-refractivity contribution in [2.24, 2.45) is 0 Å². The fraction of sp³-hybridized carbons (Fsp3) is 0.235. The molecule has 0 aromatic heterocycles. The molecule has 0 atom stereocenters. The Morgan fingerprint density at radius 3 is 1.91 bits per heavy atom. The first-order valence-corrected chi connectivity index (χ1v) is 6.85. The zero-order valence-electron chi connectivity index (χ0n) is 12.4. The number of hydrogen-bond acceptors (Lipinski definition) is 3. The van der Waals surface area contributed by atoms with Crippen molar-refractivity contribution in [3.8, 4) is 11.1 Å². The summed E-state index contributed by atoms with van der Waals surface area (Å²) in [6.45, 7) is 0.478. The summed E-state index contributed by atoms with van der Waals surface area (Å²) in [4.78, 5) is 11.7. The Bertz CT molecular complexity index is 646. The summed E-state index contributed by atoms with van der Waals surface area (Å²) in [6, 6.07) is 11.3. The Labute approximate surface area is 131 Å². The van der Waals surface area contributed by atoms with Crippen molar-refractivity contribution in [1.82, 2.24) is 0 Å². The number of rotatable bonds is 5. The van der Waals surface area contributed by atoms with Gasteiger partial charge in [-0.05, 0) is 35.4 Å². The van der Waals surface area contributed by atoms with Gasteiger partial charge < -0.3 is 9.47 Å². The van der Waals surface area contributed by atoms with Crippen molar-refractivity contribution >= 4 is 5.97 Å². The lowest BCUT2D eigenvalue weighted by molar-refractivity contribution is -0.137. The van der Waals surface area contributed by atoms with Gasteiger partial charge in [0.05, 0.1) is 17.7 Å². The van der Waals surface area contributed by atoms with Crippen LogP contribution in [0.3, 0.4) is 0 Å². The number of carbonyl (C=O) groups is 1. The standard InChI is InChI=1S/C17H15F3O3/c1-22-10-11-23-16(21)14-4-2-12(3-5-14)13-6-8-15(9-7-13)17(18,19)20/h2-9H,10-11H2,1H3. The van der Waals surface area contributed by atoms with Crippen LogP contribution in [-0.4, -0.2) is 26.3 Å². The molecule has 0 unspecified atom stereocenters. The highest BCUT2D eigenvalue weighted by molar-refractivity contribution is 5.90. The zero-order valence-corrected chi connectivity index (χ0v) is 12.4. The molecule has 2 aromatic rings. The SMILES string of the molecule is COCCOC(=O)c1ccc(-c2ccc(C(F)(F)F)cc2)cc1. The predicted octanol–water partition coefficient (Wildman–Crippen LogP) is 4.18. The van der Waals surface area contributed by atoms with Crippen LogP contribution in [-0.2, 0) is 15.7 Å². The number of halogens is 3. The summed E-state index contributed by atoms with van der Waals surface area (Å²) >= 11 is 0. The summed E-state index contributed by atoms with van der Waals surface area (Å²) in [5.74, 6) is -0.471. The molecule has 0 fully saturated rings. The van der Waals surface area contributed by atoms with Crippen LogP contribution in [0.15, 0.2) is 48.5 Å². The van der Waals surface area contributed by atoms with Crippen LogP contribution in [0.5, 0.6) is 0 Å². The minimum absolute atomic E-state index is 0.163. The second kappa shape index (κ2) is 7.28. The summed E-state index contributed by atoms with van der Waals surface area (Å²) < 4.78 is 47.4. The molecular weight excluding hydrogens is 309 g/mol. The van der Waals surface area contributed by atoms with Gasteiger partial charge in [-0.25, -0.2) is 4.79 Å². The molecule has 2 rings (SSSR count). The lowest BCUT2D eigenvalue weighted by Gasteiger charge is -2.08. The van der Waals surface area contributed by atoms with Gasteiger partial charge >= 0.3 is 12.1 Å². The molecule has 0 bridgehead atoms. The maximum absolute atomic E-state index is 12.5. The molecule has 0 radical (unpaired) electrons. The first-order valence-electron chi connectivity index (χ1n) is 6.85. The number of carbonyl (C=O) groups excluding carboxylic acids is 1. The number of benzene rings is 2. The Kier molecular flexibility index (Phi) is 5.39. The Morgan fingerprint density at radius 1 is 0.913 bits per heavy atom. The molecule has 122 valence electrons. The third kappa shape index (κ3) is 4.56. The van der Waals surface area contributed by atoms with E-state index in [1.807, 2.05) is 0 Å². The van der Waals surface area contributed by atoms with Crippen molar-refractivity contribution in [3.05, 3.63) is 59.7 Å². The number of hydrogen-bond donors (Lipinski definition) is 0. The van der Waals surface area contributed by atoms with Crippen molar-refractivity contribution in [2.75, 3.05) is 20.3 Å². The normalized spacial score (nSPS) is 11.3. The van der Waals surface area contributed by atoms with Crippen LogP contribution in [0.25, 0.3) is 11.1 Å². The molecule has 0 heterocycles. The molecule has 0 aliphatic heterocycles. The first kappa shape index (κ1) is 17.0. The van der Waals surface area contributed by atoms with Crippen molar-refractivity contribution in [1.29, 1.82) is 0 Å². The summed E-state index contributed by atoms with van der Waals surface area (Å²) in [5.41, 5.74) is 1.03. The molecule has 6 heteroatoms. The lowest BCUT2D eigenvalue weighted by Crippen LogP contribution is -2.09. The fourth-order valence-corrected chi connectivity index (χ4v) is 1.95. The molecule has 3 nitrogen and oxygen atoms in total. The molecule has 0 amide bonds. The molecule has 23 heavy (non-hydrogen) atoms. The maximum Gasteiger partial charge on any atom is 0.416 e. The highest BCUT2D eigenvalue weighted by atomic mass is 19.4. The summed E-state index contributed by atoms with van der Waals surface area (Å²) in [7, 11) is 1.51. The topological polar surface area (TPSA) is 35.5 Å². The molecule has 0 N–H and O–H groups in total. The van der Waals surface area contributed by atoms with E-state index in [1.54, 1.807) is 24.3 Å². The third-order valence-electron chi connectivity index (χ3n) is 3.19. The average Bonchev–Trinajstić information content (AvgIpc) is 2.54. The van der Waals surface area contributed by atoms with Gasteiger partial charge in [-0.15, -0.1) is 0 Å². The third-order valence-corrected chi connectivity index (χ3v) is 3.19. The maximum atomic E-state index is 12.5. The van der Waals surface area contributed by atoms with Gasteiger partial charge in [0.15, 0.2) is 0 Å². The van der Waals surface area contributed by atoms with E-state index in [0.717, 1.165) is 12.1 Å². The lowest BCUT2D eigenvalue weighted by atomic mass is 10.0. The largest absolute Gasteiger partial charge is 0.460 e. The van der Waals surface area contributed by atoms with Gasteiger partial charge in [0.2, 0.25) is 0 Å². The minimum Gasteiger partial charge on any atom is -0.460 e. The highest BCUT2D eigenvalue weighted by Gasteiger charge is 2.29. The summed E-state index contributed by atoms with van der Waals surface area (Å²) in [6.07, 6.45) is -4.35. The van der Waals surface area contributed by atoms with E-state index in [4.69, 9.17) is 9.47 Å². The van der Waals surface area contributed by atoms with Crippen LogP contribution in [0, 0.1) is 0 Å². The number of alkyl halides is 3. The van der Waals surface area contributed by atoms with Gasteiger partial charge in [0.1, 0.15) is 6.61 Å². The zero-order chi connectivity index (χ0) is 16.9. The average molecular weight is 324 g/mol. The van der Waals surface area contributed by atoms with E-state index >= 15 is 0 Å². The van der Waals surface area contributed by atoms with E-state index in [1.165, 1.54) is 19.2 Å². The second-order valence-electron chi connectivity index (χ2n) is 4.78. The molecular formula is C17H15F3O3. The smallest absolute Gasteiger partial charge is 0.416 e. The Balaban J connectivity index is 2.09. The monoisotopic (exact) mass is 324 g/mol. The van der Waals surface area contributed by atoms with E-state index < -0.39 is 17.7 Å². The predicted molar refractivity (Wildman–Crippen MR) is 79.0 cm³/mol. The van der Waals surface area contributed by atoms with Crippen molar-refractivity contribution < 1.29 is 27.4 Å². The van der Waals surface area contributed by atoms with Crippen LogP contribution >= 0.6 is 0 Å². The Morgan fingerprint density at radius 2 is 1.43 bits per heavy atom. The van der Waals surface area contributed by atoms with E-state index in [0.29, 0.717) is 23.3 Å². The van der Waals surface area contributed by atoms with E-state index in [-0.39, 0.29) is 6.61 Å². The van der Waals surface area contributed by atoms with Crippen LogP contribution in [0.1, 0.15) is 15.9 Å². The molecule has 2 aromatic carbocycles. The van der Waals surface area contributed by atoms with Crippen LogP contribution in [0.2, 0.25) is 0 Å². The van der Waals surface area contributed by atoms with E-state index in [9.17, 15) is 18.0 Å². The first-order chi connectivity index (χ1) is 10.9. The van der Waals surface area contributed by atoms with Gasteiger partial charge in [-0.1, -0.05) is 24.3 Å². The number of esters is 1. The van der Waals surface area contributed by atoms with Gasteiger partial charge in [-0.2, -0.15) is 13.2 Å². The Hall–Kier alpha value is -2.34. The molecule has 0 saturated carbocycles. The fourth-order valence-electron chi connectivity index (χ4n) is 1.95. The molecule has 0 aliphatic carbocycles. The van der Waals surface area contributed by atoms with Gasteiger partial charge in [0, 0.05) is 7.11 Å². The van der Waals surface area contributed by atoms with Crippen molar-refractivity contribution in [3.63, 3.8) is 0 Å². The minimum atomic E-state index is -4.35.